The highest BCUT2D eigenvalue weighted by Gasteiger charge is 2.20. The van der Waals surface area contributed by atoms with Crippen LogP contribution in [0.3, 0.4) is 0 Å². The van der Waals surface area contributed by atoms with Gasteiger partial charge < -0.3 is 21.3 Å². The number of allylic oxidation sites excluding steroid dienone is 5. The first-order valence-electron chi connectivity index (χ1n) is 11.0. The Morgan fingerprint density at radius 2 is 2.19 bits per heavy atom. The van der Waals surface area contributed by atoms with Crippen LogP contribution in [0.15, 0.2) is 77.5 Å². The minimum atomic E-state index is 0.0637. The van der Waals surface area contributed by atoms with Crippen LogP contribution in [0.25, 0.3) is 6.08 Å². The molecule has 0 radical (unpaired) electrons. The fourth-order valence-electron chi connectivity index (χ4n) is 3.20. The van der Waals surface area contributed by atoms with E-state index < -0.39 is 0 Å². The van der Waals surface area contributed by atoms with Crippen LogP contribution in [0.4, 0.5) is 0 Å². The lowest BCUT2D eigenvalue weighted by molar-refractivity contribution is 0.398. The van der Waals surface area contributed by atoms with Crippen molar-refractivity contribution < 1.29 is 0 Å². The van der Waals surface area contributed by atoms with Crippen LogP contribution >= 0.6 is 0 Å². The van der Waals surface area contributed by atoms with E-state index in [-0.39, 0.29) is 6.04 Å². The molecule has 32 heavy (non-hydrogen) atoms. The van der Waals surface area contributed by atoms with Gasteiger partial charge in [-0.3, -0.25) is 4.99 Å². The molecule has 4 N–H and O–H groups in total. The van der Waals surface area contributed by atoms with Crippen LogP contribution in [-0.2, 0) is 0 Å². The smallest absolute Gasteiger partial charge is 0.0885 e. The summed E-state index contributed by atoms with van der Waals surface area (Å²) in [5, 5.41) is 6.53. The van der Waals surface area contributed by atoms with Gasteiger partial charge in [-0.2, -0.15) is 0 Å². The molecular formula is C27H35N5. The first-order valence-corrected chi connectivity index (χ1v) is 11.0. The molecule has 0 bridgehead atoms. The Kier molecular flexibility index (Phi) is 10.1. The third-order valence-corrected chi connectivity index (χ3v) is 5.18. The predicted molar refractivity (Wildman–Crippen MR) is 138 cm³/mol. The highest BCUT2D eigenvalue weighted by atomic mass is 15.2. The van der Waals surface area contributed by atoms with Gasteiger partial charge in [-0.1, -0.05) is 36.8 Å². The van der Waals surface area contributed by atoms with Gasteiger partial charge in [0.15, 0.2) is 0 Å². The van der Waals surface area contributed by atoms with Crippen molar-refractivity contribution in [2.24, 2.45) is 10.7 Å². The van der Waals surface area contributed by atoms with Gasteiger partial charge in [-0.15, -0.1) is 0 Å². The van der Waals surface area contributed by atoms with Gasteiger partial charge in [0.25, 0.3) is 0 Å². The van der Waals surface area contributed by atoms with Gasteiger partial charge in [-0.05, 0) is 76.1 Å². The Hall–Kier alpha value is -3.49. The van der Waals surface area contributed by atoms with Gasteiger partial charge in [0.2, 0.25) is 0 Å². The van der Waals surface area contributed by atoms with E-state index in [1.54, 1.807) is 12.4 Å². The molecule has 0 fully saturated rings. The van der Waals surface area contributed by atoms with E-state index in [0.717, 1.165) is 53.3 Å². The summed E-state index contributed by atoms with van der Waals surface area (Å²) in [6.45, 7) is 11.8. The molecule has 0 aromatic heterocycles. The number of aliphatic imine (C=N–C) groups is 1. The second-order valence-electron chi connectivity index (χ2n) is 7.49. The normalized spacial score (nSPS) is 16.6. The van der Waals surface area contributed by atoms with Crippen molar-refractivity contribution in [3.8, 4) is 11.8 Å². The highest BCUT2D eigenvalue weighted by molar-refractivity contribution is 5.78. The first-order chi connectivity index (χ1) is 15.5. The summed E-state index contributed by atoms with van der Waals surface area (Å²) in [6, 6.07) is 6.26. The molecule has 1 aliphatic rings. The lowest BCUT2D eigenvalue weighted by Gasteiger charge is -2.32. The zero-order chi connectivity index (χ0) is 23.3. The van der Waals surface area contributed by atoms with Crippen molar-refractivity contribution in [1.82, 2.24) is 15.5 Å². The van der Waals surface area contributed by atoms with Crippen molar-refractivity contribution in [2.75, 3.05) is 20.1 Å². The molecule has 168 valence electrons. The van der Waals surface area contributed by atoms with Crippen LogP contribution in [0.2, 0.25) is 0 Å². The van der Waals surface area contributed by atoms with Crippen molar-refractivity contribution in [3.63, 3.8) is 0 Å². The molecule has 2 rings (SSSR count). The van der Waals surface area contributed by atoms with E-state index in [2.05, 4.69) is 77.1 Å². The summed E-state index contributed by atoms with van der Waals surface area (Å²) >= 11 is 0. The third kappa shape index (κ3) is 7.04. The number of aryl methyl sites for hydroxylation is 1. The zero-order valence-corrected chi connectivity index (χ0v) is 19.7. The maximum atomic E-state index is 5.82. The second kappa shape index (κ2) is 13.0. The third-order valence-electron chi connectivity index (χ3n) is 5.18. The summed E-state index contributed by atoms with van der Waals surface area (Å²) in [5.41, 5.74) is 11.8. The van der Waals surface area contributed by atoms with Gasteiger partial charge in [0.1, 0.15) is 0 Å². The van der Waals surface area contributed by atoms with Crippen LogP contribution < -0.4 is 16.4 Å². The molecule has 0 aliphatic carbocycles. The van der Waals surface area contributed by atoms with Crippen molar-refractivity contribution in [2.45, 2.75) is 33.2 Å². The molecule has 1 aromatic rings. The molecule has 0 amide bonds. The van der Waals surface area contributed by atoms with Crippen LogP contribution in [0.1, 0.15) is 37.0 Å². The lowest BCUT2D eigenvalue weighted by Crippen LogP contribution is -2.36. The summed E-state index contributed by atoms with van der Waals surface area (Å²) < 4.78 is 0. The molecule has 1 aliphatic heterocycles. The average molecular weight is 430 g/mol. The van der Waals surface area contributed by atoms with Crippen LogP contribution in [-0.4, -0.2) is 37.3 Å². The van der Waals surface area contributed by atoms with E-state index in [4.69, 9.17) is 5.73 Å². The monoisotopic (exact) mass is 429 g/mol. The number of rotatable bonds is 9. The first kappa shape index (κ1) is 24.8. The Balaban J connectivity index is 2.13. The molecule has 5 nitrogen and oxygen atoms in total. The average Bonchev–Trinajstić information content (AvgIpc) is 2.81. The molecule has 1 heterocycles. The molecule has 1 atom stereocenters. The number of hydrogen-bond donors (Lipinski definition) is 3. The van der Waals surface area contributed by atoms with E-state index in [1.807, 2.05) is 38.4 Å². The molecule has 5 heteroatoms. The molecule has 0 saturated carbocycles. The predicted octanol–water partition coefficient (Wildman–Crippen LogP) is 4.07. The molecule has 1 aromatic carbocycles. The molecular weight excluding hydrogens is 394 g/mol. The van der Waals surface area contributed by atoms with Gasteiger partial charge in [0, 0.05) is 36.4 Å². The Labute approximate surface area is 193 Å². The van der Waals surface area contributed by atoms with Crippen molar-refractivity contribution in [3.05, 3.63) is 89.2 Å². The Bertz CT molecular complexity index is 999. The fraction of sp³-hybridized carbons (Fsp3) is 0.296. The quantitative estimate of drug-likeness (QED) is 0.315. The molecule has 1 unspecified atom stereocenters. The summed E-state index contributed by atoms with van der Waals surface area (Å²) in [5.74, 6) is 6.67. The van der Waals surface area contributed by atoms with Crippen LogP contribution in [0, 0.1) is 18.8 Å². The van der Waals surface area contributed by atoms with E-state index in [9.17, 15) is 0 Å². The number of nitrogens with zero attached hydrogens (tertiary/aromatic N) is 2. The summed E-state index contributed by atoms with van der Waals surface area (Å²) in [4.78, 5) is 6.60. The van der Waals surface area contributed by atoms with Gasteiger partial charge in [-0.25, -0.2) is 0 Å². The van der Waals surface area contributed by atoms with E-state index >= 15 is 0 Å². The summed E-state index contributed by atoms with van der Waals surface area (Å²) in [6.07, 6.45) is 14.3. The fourth-order valence-corrected chi connectivity index (χ4v) is 3.20. The number of benzene rings is 1. The number of nitrogens with two attached hydrogens (primary N) is 1. The van der Waals surface area contributed by atoms with Crippen molar-refractivity contribution >= 4 is 12.3 Å². The Morgan fingerprint density at radius 1 is 1.38 bits per heavy atom. The van der Waals surface area contributed by atoms with Crippen molar-refractivity contribution in [1.29, 1.82) is 0 Å². The SMILES string of the molecule is C=Cc1ccc(C)c(C#C/C(=C/C)N2C=CC=C(NC(C=NCCCNC)=CN)C2C)c1. The second-order valence-corrected chi connectivity index (χ2v) is 7.49. The molecule has 0 spiro atoms. The Morgan fingerprint density at radius 3 is 2.88 bits per heavy atom. The number of hydrogen-bond acceptors (Lipinski definition) is 5. The number of nitrogens with one attached hydrogen (secondary N) is 2. The lowest BCUT2D eigenvalue weighted by atomic mass is 10.0. The van der Waals surface area contributed by atoms with Gasteiger partial charge in [0.05, 0.1) is 17.4 Å². The molecule has 0 saturated heterocycles. The van der Waals surface area contributed by atoms with Crippen LogP contribution in [0.5, 0.6) is 0 Å². The van der Waals surface area contributed by atoms with Gasteiger partial charge >= 0.3 is 0 Å². The summed E-state index contributed by atoms with van der Waals surface area (Å²) in [7, 11) is 1.94. The highest BCUT2D eigenvalue weighted by Crippen LogP contribution is 2.20. The maximum Gasteiger partial charge on any atom is 0.0885 e. The standard InChI is InChI=1S/C27H35N5/c1-6-23-12-11-21(3)24(18-23)13-14-26(7-2)32-17-8-10-27(22(32)4)31-25(19-28)20-30-16-9-15-29-5/h6-8,10-12,17-20,22,29,31H,1,9,15-16,28H2,2-5H3/b25-19?,26-7-,30-20?. The van der Waals surface area contributed by atoms with E-state index in [0.29, 0.717) is 0 Å². The largest absolute Gasteiger partial charge is 0.403 e. The van der Waals surface area contributed by atoms with E-state index in [1.165, 1.54) is 0 Å². The maximum absolute atomic E-state index is 5.82. The zero-order valence-electron chi connectivity index (χ0n) is 19.7. The minimum Gasteiger partial charge on any atom is -0.403 e. The minimum absolute atomic E-state index is 0.0637. The topological polar surface area (TPSA) is 65.7 Å².